The zero-order valence-electron chi connectivity index (χ0n) is 12.4. The molecule has 0 bridgehead atoms. The van der Waals surface area contributed by atoms with Crippen molar-refractivity contribution < 1.29 is 17.9 Å². The fourth-order valence-electron chi connectivity index (χ4n) is 2.12. The summed E-state index contributed by atoms with van der Waals surface area (Å²) < 4.78 is 43.7. The molecule has 1 N–H and O–H groups in total. The van der Waals surface area contributed by atoms with E-state index in [0.29, 0.717) is 5.56 Å². The molecule has 25 heavy (non-hydrogen) atoms. The van der Waals surface area contributed by atoms with E-state index in [1.807, 2.05) is 0 Å². The van der Waals surface area contributed by atoms with Gasteiger partial charge in [-0.2, -0.15) is 13.3 Å². The Balaban J connectivity index is 2.25. The molecule has 0 fully saturated rings. The molecular weight excluding hydrogens is 357 g/mol. The summed E-state index contributed by atoms with van der Waals surface area (Å²) in [5.41, 5.74) is -0.338. The fraction of sp³-hybridized carbons (Fsp3) is 0.133. The molecule has 2 heterocycles. The predicted molar refractivity (Wildman–Crippen MR) is 85.2 cm³/mol. The number of thioether (sulfide) groups is 1. The first-order valence-electron chi connectivity index (χ1n) is 6.79. The van der Waals surface area contributed by atoms with Crippen molar-refractivity contribution >= 4 is 17.4 Å². The van der Waals surface area contributed by atoms with Crippen LogP contribution in [0.3, 0.4) is 0 Å². The quantitative estimate of drug-likeness (QED) is 0.555. The van der Waals surface area contributed by atoms with E-state index in [1.54, 1.807) is 0 Å². The van der Waals surface area contributed by atoms with Crippen LogP contribution in [-0.4, -0.2) is 31.9 Å². The molecule has 1 aromatic carbocycles. The van der Waals surface area contributed by atoms with Crippen LogP contribution >= 0.6 is 11.8 Å². The SMILES string of the molecule is C#CCSc1nc2c(-c3ccc(F)cc3)c(OC(F)F)nn2c(=O)[nH]1. The number of terminal acetylenes is 1. The number of nitrogens with one attached hydrogen (secondary N) is 1. The lowest BCUT2D eigenvalue weighted by molar-refractivity contribution is -0.0526. The molecule has 0 unspecified atom stereocenters. The lowest BCUT2D eigenvalue weighted by atomic mass is 10.1. The van der Waals surface area contributed by atoms with Crippen molar-refractivity contribution in [3.63, 3.8) is 0 Å². The topological polar surface area (TPSA) is 72.3 Å². The first-order chi connectivity index (χ1) is 12.0. The first-order valence-corrected chi connectivity index (χ1v) is 7.78. The van der Waals surface area contributed by atoms with Crippen LogP contribution in [-0.2, 0) is 0 Å². The van der Waals surface area contributed by atoms with Gasteiger partial charge in [-0.15, -0.1) is 11.5 Å². The molecular formula is C15H9F3N4O2S. The second-order valence-electron chi connectivity index (χ2n) is 4.64. The van der Waals surface area contributed by atoms with Crippen LogP contribution < -0.4 is 10.4 Å². The number of alkyl halides is 2. The normalized spacial score (nSPS) is 11.0. The number of aromatic amines is 1. The highest BCUT2D eigenvalue weighted by Crippen LogP contribution is 2.33. The number of fused-ring (bicyclic) bond motifs is 1. The largest absolute Gasteiger partial charge is 0.415 e. The molecule has 3 rings (SSSR count). The van der Waals surface area contributed by atoms with Gasteiger partial charge >= 0.3 is 12.3 Å². The summed E-state index contributed by atoms with van der Waals surface area (Å²) in [7, 11) is 0. The smallest absolute Gasteiger partial charge is 0.388 e. The Morgan fingerprint density at radius 3 is 2.72 bits per heavy atom. The summed E-state index contributed by atoms with van der Waals surface area (Å²) >= 11 is 1.09. The van der Waals surface area contributed by atoms with Gasteiger partial charge < -0.3 is 4.74 Å². The number of halogens is 3. The highest BCUT2D eigenvalue weighted by Gasteiger charge is 2.22. The second kappa shape index (κ2) is 6.90. The van der Waals surface area contributed by atoms with Crippen LogP contribution in [0, 0.1) is 18.2 Å². The Morgan fingerprint density at radius 2 is 2.08 bits per heavy atom. The van der Waals surface area contributed by atoms with E-state index < -0.39 is 24.0 Å². The minimum atomic E-state index is -3.15. The van der Waals surface area contributed by atoms with Gasteiger partial charge in [-0.25, -0.2) is 14.2 Å². The molecule has 0 aliphatic heterocycles. The molecule has 0 spiro atoms. The standard InChI is InChI=1S/C15H9F3N4O2S/c1-2-7-25-14-19-11-10(8-3-5-9(16)6-4-8)12(24-13(17)18)21-22(11)15(23)20-14/h1,3-6,13H,7H2,(H,19,20,23). The van der Waals surface area contributed by atoms with E-state index in [0.717, 1.165) is 28.4 Å². The van der Waals surface area contributed by atoms with Crippen molar-refractivity contribution in [1.29, 1.82) is 0 Å². The lowest BCUT2D eigenvalue weighted by Crippen LogP contribution is -2.19. The first kappa shape index (κ1) is 16.9. The second-order valence-corrected chi connectivity index (χ2v) is 5.60. The lowest BCUT2D eigenvalue weighted by Gasteiger charge is -2.04. The summed E-state index contributed by atoms with van der Waals surface area (Å²) in [6.07, 6.45) is 5.17. The zero-order chi connectivity index (χ0) is 18.0. The molecule has 3 aromatic rings. The van der Waals surface area contributed by atoms with E-state index >= 15 is 0 Å². The molecule has 0 aliphatic rings. The van der Waals surface area contributed by atoms with Crippen LogP contribution in [0.1, 0.15) is 0 Å². The summed E-state index contributed by atoms with van der Waals surface area (Å²) in [5.74, 6) is 1.64. The Morgan fingerprint density at radius 1 is 1.36 bits per heavy atom. The molecule has 0 radical (unpaired) electrons. The number of nitrogens with zero attached hydrogens (tertiary/aromatic N) is 3. The van der Waals surface area contributed by atoms with E-state index in [1.165, 1.54) is 12.1 Å². The minimum Gasteiger partial charge on any atom is -0.415 e. The minimum absolute atomic E-state index is 0.00877. The summed E-state index contributed by atoms with van der Waals surface area (Å²) in [6.45, 7) is -3.15. The van der Waals surface area contributed by atoms with E-state index in [4.69, 9.17) is 6.42 Å². The van der Waals surface area contributed by atoms with E-state index in [2.05, 4.69) is 25.7 Å². The van der Waals surface area contributed by atoms with Gasteiger partial charge in [0.05, 0.1) is 11.3 Å². The van der Waals surface area contributed by atoms with Gasteiger partial charge in [0.25, 0.3) is 0 Å². The summed E-state index contributed by atoms with van der Waals surface area (Å²) in [6, 6.07) is 4.99. The maximum absolute atomic E-state index is 13.2. The number of rotatable bonds is 5. The van der Waals surface area contributed by atoms with Gasteiger partial charge in [0.1, 0.15) is 5.82 Å². The van der Waals surface area contributed by atoms with Crippen LogP contribution in [0.25, 0.3) is 16.8 Å². The van der Waals surface area contributed by atoms with Crippen LogP contribution in [0.2, 0.25) is 0 Å². The summed E-state index contributed by atoms with van der Waals surface area (Å²) in [5, 5.41) is 3.93. The maximum atomic E-state index is 13.2. The molecule has 10 heteroatoms. The highest BCUT2D eigenvalue weighted by atomic mass is 32.2. The van der Waals surface area contributed by atoms with Crippen molar-refractivity contribution in [1.82, 2.24) is 19.6 Å². The van der Waals surface area contributed by atoms with Gasteiger partial charge in [-0.05, 0) is 17.7 Å². The monoisotopic (exact) mass is 366 g/mol. The average molecular weight is 366 g/mol. The zero-order valence-corrected chi connectivity index (χ0v) is 13.2. The van der Waals surface area contributed by atoms with Crippen LogP contribution in [0.5, 0.6) is 5.88 Å². The third-order valence-electron chi connectivity index (χ3n) is 3.07. The predicted octanol–water partition coefficient (Wildman–Crippen LogP) is 2.55. The molecule has 128 valence electrons. The number of hydrogen-bond donors (Lipinski definition) is 1. The van der Waals surface area contributed by atoms with Crippen molar-refractivity contribution in [3.05, 3.63) is 40.6 Å². The van der Waals surface area contributed by atoms with Crippen molar-refractivity contribution in [2.45, 2.75) is 11.8 Å². The Bertz CT molecular complexity index is 1010. The highest BCUT2D eigenvalue weighted by molar-refractivity contribution is 7.99. The summed E-state index contributed by atoms with van der Waals surface area (Å²) in [4.78, 5) is 18.8. The van der Waals surface area contributed by atoms with Gasteiger partial charge in [0, 0.05) is 0 Å². The Labute approximate surface area is 143 Å². The number of ether oxygens (including phenoxy) is 1. The number of hydrogen-bond acceptors (Lipinski definition) is 5. The van der Waals surface area contributed by atoms with Gasteiger partial charge in [-0.1, -0.05) is 29.8 Å². The number of aromatic nitrogens is 4. The molecule has 0 saturated heterocycles. The molecule has 0 saturated carbocycles. The fourth-order valence-corrected chi connectivity index (χ4v) is 2.65. The molecule has 2 aromatic heterocycles. The molecule has 6 nitrogen and oxygen atoms in total. The molecule has 0 atom stereocenters. The number of H-pyrrole nitrogens is 1. The Hall–Kier alpha value is -2.93. The maximum Gasteiger partial charge on any atom is 0.388 e. The van der Waals surface area contributed by atoms with E-state index in [-0.39, 0.29) is 22.1 Å². The van der Waals surface area contributed by atoms with Crippen molar-refractivity contribution in [2.75, 3.05) is 5.75 Å². The van der Waals surface area contributed by atoms with Gasteiger partial charge in [-0.3, -0.25) is 4.98 Å². The molecule has 0 aliphatic carbocycles. The molecule has 0 amide bonds. The van der Waals surface area contributed by atoms with Gasteiger partial charge in [0.2, 0.25) is 5.88 Å². The average Bonchev–Trinajstić information content (AvgIpc) is 2.91. The number of benzene rings is 1. The van der Waals surface area contributed by atoms with Crippen LogP contribution in [0.4, 0.5) is 13.2 Å². The van der Waals surface area contributed by atoms with Gasteiger partial charge in [0.15, 0.2) is 10.8 Å². The van der Waals surface area contributed by atoms with Crippen LogP contribution in [0.15, 0.2) is 34.2 Å². The third kappa shape index (κ3) is 3.46. The third-order valence-corrected chi connectivity index (χ3v) is 3.85. The van der Waals surface area contributed by atoms with Crippen molar-refractivity contribution in [2.24, 2.45) is 0 Å². The van der Waals surface area contributed by atoms with Crippen molar-refractivity contribution in [3.8, 4) is 29.4 Å². The Kier molecular flexibility index (Phi) is 4.67. The van der Waals surface area contributed by atoms with E-state index in [9.17, 15) is 18.0 Å².